The molecule has 0 unspecified atom stereocenters. The molecule has 1 amide bonds. The largest absolute Gasteiger partial charge is 0.325 e. The zero-order valence-corrected chi connectivity index (χ0v) is 15.6. The molecule has 0 aliphatic heterocycles. The molecule has 138 valence electrons. The summed E-state index contributed by atoms with van der Waals surface area (Å²) in [6.45, 7) is 0.924. The number of anilines is 1. The number of likely N-dealkylation sites (N-methyl/N-ethyl adjacent to an activating group) is 1. The molecule has 6 nitrogen and oxygen atoms in total. The Hall–Kier alpha value is -2.29. The quantitative estimate of drug-likeness (QED) is 0.758. The molecule has 1 N–H and O–H groups in total. The van der Waals surface area contributed by atoms with Gasteiger partial charge in [-0.3, -0.25) is 9.59 Å². The van der Waals surface area contributed by atoms with Gasteiger partial charge in [-0.25, -0.2) is 12.8 Å². The second-order valence-corrected chi connectivity index (χ2v) is 7.97. The molecule has 0 saturated carbocycles. The number of sulfonamides is 1. The maximum absolute atomic E-state index is 13.1. The first kappa shape index (κ1) is 20.0. The predicted octanol–water partition coefficient (Wildman–Crippen LogP) is 2.94. The molecule has 0 spiro atoms. The van der Waals surface area contributed by atoms with Crippen molar-refractivity contribution in [2.75, 3.05) is 18.9 Å². The lowest BCUT2D eigenvalue weighted by Crippen LogP contribution is -2.35. The average molecular weight is 399 g/mol. The number of nitrogens with one attached hydrogen (secondary N) is 1. The molecule has 0 aliphatic carbocycles. The number of nitrogens with zero attached hydrogens (tertiary/aromatic N) is 1. The van der Waals surface area contributed by atoms with Gasteiger partial charge in [-0.1, -0.05) is 23.7 Å². The van der Waals surface area contributed by atoms with Crippen LogP contribution in [0.2, 0.25) is 5.02 Å². The summed E-state index contributed by atoms with van der Waals surface area (Å²) in [7, 11) is -2.65. The normalized spacial score (nSPS) is 11.4. The Kier molecular flexibility index (Phi) is 6.12. The third-order valence-corrected chi connectivity index (χ3v) is 5.65. The van der Waals surface area contributed by atoms with E-state index in [1.807, 2.05) is 0 Å². The lowest BCUT2D eigenvalue weighted by molar-refractivity contribution is -0.116. The standard InChI is InChI=1S/C17H16ClFN2O4S/c1-11(22)12-3-6-14(7-4-12)26(24,25)21(2)10-17(23)20-13-5-8-16(19)15(18)9-13/h3-9H,10H2,1-2H3,(H,20,23). The highest BCUT2D eigenvalue weighted by molar-refractivity contribution is 7.89. The fourth-order valence-electron chi connectivity index (χ4n) is 2.10. The van der Waals surface area contributed by atoms with E-state index in [0.29, 0.717) is 5.56 Å². The number of rotatable bonds is 6. The fourth-order valence-corrected chi connectivity index (χ4v) is 3.41. The van der Waals surface area contributed by atoms with Crippen molar-refractivity contribution in [2.24, 2.45) is 0 Å². The summed E-state index contributed by atoms with van der Waals surface area (Å²) in [5.74, 6) is -1.42. The van der Waals surface area contributed by atoms with Crippen LogP contribution in [0.1, 0.15) is 17.3 Å². The SMILES string of the molecule is CC(=O)c1ccc(S(=O)(=O)N(C)CC(=O)Nc2ccc(F)c(Cl)c2)cc1. The summed E-state index contributed by atoms with van der Waals surface area (Å²) in [5.41, 5.74) is 0.635. The van der Waals surface area contributed by atoms with Crippen molar-refractivity contribution < 1.29 is 22.4 Å². The van der Waals surface area contributed by atoms with E-state index < -0.39 is 28.3 Å². The molecule has 2 aromatic carbocycles. The molecule has 0 aliphatic rings. The number of carbonyl (C=O) groups is 2. The Bertz CT molecular complexity index is 946. The van der Waals surface area contributed by atoms with Gasteiger partial charge >= 0.3 is 0 Å². The Labute approximate surface area is 155 Å². The third kappa shape index (κ3) is 4.66. The Morgan fingerprint density at radius 1 is 1.15 bits per heavy atom. The van der Waals surface area contributed by atoms with E-state index in [-0.39, 0.29) is 21.4 Å². The second kappa shape index (κ2) is 7.94. The highest BCUT2D eigenvalue weighted by atomic mass is 35.5. The molecule has 0 aromatic heterocycles. The summed E-state index contributed by atoms with van der Waals surface area (Å²) in [6, 6.07) is 9.06. The van der Waals surface area contributed by atoms with E-state index in [1.54, 1.807) is 0 Å². The monoisotopic (exact) mass is 398 g/mol. The number of benzene rings is 2. The molecule has 2 rings (SSSR count). The molecular formula is C17H16ClFN2O4S. The van der Waals surface area contributed by atoms with Crippen molar-refractivity contribution in [3.05, 3.63) is 58.9 Å². The van der Waals surface area contributed by atoms with Crippen LogP contribution in [-0.4, -0.2) is 38.0 Å². The van der Waals surface area contributed by atoms with Gasteiger partial charge in [0.05, 0.1) is 16.5 Å². The van der Waals surface area contributed by atoms with E-state index in [9.17, 15) is 22.4 Å². The molecule has 2 aromatic rings. The number of amides is 1. The van der Waals surface area contributed by atoms with E-state index in [2.05, 4.69) is 5.32 Å². The van der Waals surface area contributed by atoms with Crippen molar-refractivity contribution >= 4 is 39.0 Å². The van der Waals surface area contributed by atoms with Gasteiger partial charge in [0.15, 0.2) is 5.78 Å². The maximum atomic E-state index is 13.1. The minimum Gasteiger partial charge on any atom is -0.325 e. The fraction of sp³-hybridized carbons (Fsp3) is 0.176. The highest BCUT2D eigenvalue weighted by Crippen LogP contribution is 2.20. The zero-order chi connectivity index (χ0) is 19.5. The summed E-state index contributed by atoms with van der Waals surface area (Å²) in [4.78, 5) is 23.3. The van der Waals surface area contributed by atoms with Crippen molar-refractivity contribution in [1.82, 2.24) is 4.31 Å². The Morgan fingerprint density at radius 3 is 2.31 bits per heavy atom. The van der Waals surface area contributed by atoms with Crippen molar-refractivity contribution in [3.8, 4) is 0 Å². The molecule has 26 heavy (non-hydrogen) atoms. The molecule has 0 atom stereocenters. The zero-order valence-electron chi connectivity index (χ0n) is 14.0. The van der Waals surface area contributed by atoms with Gasteiger partial charge < -0.3 is 5.32 Å². The number of ketones is 1. The van der Waals surface area contributed by atoms with Crippen molar-refractivity contribution in [3.63, 3.8) is 0 Å². The molecule has 0 radical (unpaired) electrons. The van der Waals surface area contributed by atoms with Crippen LogP contribution in [0.15, 0.2) is 47.4 Å². The van der Waals surface area contributed by atoms with E-state index in [1.165, 1.54) is 50.4 Å². The van der Waals surface area contributed by atoms with Gasteiger partial charge in [0.1, 0.15) is 5.82 Å². The Morgan fingerprint density at radius 2 is 1.77 bits per heavy atom. The third-order valence-electron chi connectivity index (χ3n) is 3.54. The van der Waals surface area contributed by atoms with E-state index in [4.69, 9.17) is 11.6 Å². The summed E-state index contributed by atoms with van der Waals surface area (Å²) >= 11 is 5.63. The minimum atomic E-state index is -3.91. The second-order valence-electron chi connectivity index (χ2n) is 5.52. The van der Waals surface area contributed by atoms with Crippen LogP contribution in [0, 0.1) is 5.82 Å². The van der Waals surface area contributed by atoms with Crippen LogP contribution in [0.4, 0.5) is 10.1 Å². The van der Waals surface area contributed by atoms with Crippen molar-refractivity contribution in [2.45, 2.75) is 11.8 Å². The van der Waals surface area contributed by atoms with Crippen LogP contribution in [0.5, 0.6) is 0 Å². The van der Waals surface area contributed by atoms with E-state index in [0.717, 1.165) is 10.4 Å². The first-order valence-electron chi connectivity index (χ1n) is 7.43. The van der Waals surface area contributed by atoms with Crippen molar-refractivity contribution in [1.29, 1.82) is 0 Å². The van der Waals surface area contributed by atoms with Crippen LogP contribution in [0.3, 0.4) is 0 Å². The number of Topliss-reactive ketones (excluding diaryl/α,β-unsaturated/α-hetero) is 1. The molecule has 0 bridgehead atoms. The number of halogens is 2. The Balaban J connectivity index is 2.09. The lowest BCUT2D eigenvalue weighted by Gasteiger charge is -2.17. The lowest BCUT2D eigenvalue weighted by atomic mass is 10.2. The van der Waals surface area contributed by atoms with Gasteiger partial charge in [0.25, 0.3) is 0 Å². The summed E-state index contributed by atoms with van der Waals surface area (Å²) in [6.07, 6.45) is 0. The maximum Gasteiger partial charge on any atom is 0.243 e. The summed E-state index contributed by atoms with van der Waals surface area (Å²) < 4.78 is 39.0. The van der Waals surface area contributed by atoms with Crippen LogP contribution in [0.25, 0.3) is 0 Å². The molecule has 9 heteroatoms. The van der Waals surface area contributed by atoms with Gasteiger partial charge in [-0.15, -0.1) is 0 Å². The number of carbonyl (C=O) groups excluding carboxylic acids is 2. The molecule has 0 fully saturated rings. The van der Waals surface area contributed by atoms with Gasteiger partial charge in [0.2, 0.25) is 15.9 Å². The number of hydrogen-bond donors (Lipinski definition) is 1. The summed E-state index contributed by atoms with van der Waals surface area (Å²) in [5, 5.41) is 2.29. The molecule has 0 heterocycles. The smallest absolute Gasteiger partial charge is 0.243 e. The van der Waals surface area contributed by atoms with E-state index >= 15 is 0 Å². The molecular weight excluding hydrogens is 383 g/mol. The van der Waals surface area contributed by atoms with Crippen LogP contribution >= 0.6 is 11.6 Å². The average Bonchev–Trinajstić information content (AvgIpc) is 2.58. The first-order valence-corrected chi connectivity index (χ1v) is 9.25. The van der Waals surface area contributed by atoms with Gasteiger partial charge in [-0.05, 0) is 37.3 Å². The highest BCUT2D eigenvalue weighted by Gasteiger charge is 2.23. The topological polar surface area (TPSA) is 83.6 Å². The minimum absolute atomic E-state index is 0.0392. The molecule has 0 saturated heterocycles. The number of hydrogen-bond acceptors (Lipinski definition) is 4. The first-order chi connectivity index (χ1) is 12.1. The van der Waals surface area contributed by atoms with Gasteiger partial charge in [-0.2, -0.15) is 4.31 Å². The van der Waals surface area contributed by atoms with Crippen LogP contribution < -0.4 is 5.32 Å². The predicted molar refractivity (Wildman–Crippen MR) is 96.3 cm³/mol. The van der Waals surface area contributed by atoms with Crippen LogP contribution in [-0.2, 0) is 14.8 Å². The van der Waals surface area contributed by atoms with Gasteiger partial charge in [0, 0.05) is 18.3 Å².